The molecule has 1 amide bonds. The van der Waals surface area contributed by atoms with Crippen LogP contribution in [0.25, 0.3) is 0 Å². The van der Waals surface area contributed by atoms with Crippen LogP contribution in [0.15, 0.2) is 0 Å². The molecule has 1 heterocycles. The zero-order chi connectivity index (χ0) is 12.9. The molecule has 0 saturated carbocycles. The Hall–Kier alpha value is -0.0900. The van der Waals surface area contributed by atoms with Crippen molar-refractivity contribution < 1.29 is 9.53 Å². The molecule has 1 aliphatic heterocycles. The molecule has 0 aromatic heterocycles. The monoisotopic (exact) mass is 305 g/mol. The van der Waals surface area contributed by atoms with E-state index in [2.05, 4.69) is 35.1 Å². The lowest BCUT2D eigenvalue weighted by Gasteiger charge is -2.25. The largest absolute Gasteiger partial charge is 0.365 e. The SMILES string of the molecule is CCC(CC)C(Br)CNC(=O)C1(C)CCCO1. The van der Waals surface area contributed by atoms with Crippen LogP contribution < -0.4 is 5.32 Å². The Kier molecular flexibility index (Phi) is 5.93. The number of ether oxygens (including phenoxy) is 1. The number of halogens is 1. The Balaban J connectivity index is 2.37. The van der Waals surface area contributed by atoms with Gasteiger partial charge in [0.15, 0.2) is 0 Å². The number of carbonyl (C=O) groups is 1. The van der Waals surface area contributed by atoms with Gasteiger partial charge in [0.2, 0.25) is 0 Å². The average Bonchev–Trinajstić information content (AvgIpc) is 2.76. The normalized spacial score (nSPS) is 26.2. The first-order valence-electron chi connectivity index (χ1n) is 6.59. The van der Waals surface area contributed by atoms with Crippen LogP contribution in [0.1, 0.15) is 46.5 Å². The molecule has 0 aromatic carbocycles. The van der Waals surface area contributed by atoms with Crippen LogP contribution in [0.4, 0.5) is 0 Å². The minimum Gasteiger partial charge on any atom is -0.365 e. The molecule has 4 heteroatoms. The van der Waals surface area contributed by atoms with Gasteiger partial charge in [-0.15, -0.1) is 0 Å². The van der Waals surface area contributed by atoms with Gasteiger partial charge < -0.3 is 10.1 Å². The van der Waals surface area contributed by atoms with E-state index in [9.17, 15) is 4.79 Å². The number of amides is 1. The van der Waals surface area contributed by atoms with Crippen molar-refractivity contribution in [1.29, 1.82) is 0 Å². The predicted octanol–water partition coefficient (Wildman–Crippen LogP) is 2.87. The van der Waals surface area contributed by atoms with Gasteiger partial charge in [-0.2, -0.15) is 0 Å². The molecule has 1 rings (SSSR count). The Labute approximate surface area is 113 Å². The van der Waals surface area contributed by atoms with E-state index in [1.54, 1.807) is 0 Å². The zero-order valence-electron chi connectivity index (χ0n) is 11.1. The van der Waals surface area contributed by atoms with E-state index in [1.807, 2.05) is 6.92 Å². The van der Waals surface area contributed by atoms with Crippen molar-refractivity contribution in [2.75, 3.05) is 13.2 Å². The molecule has 2 atom stereocenters. The second-order valence-corrected chi connectivity index (χ2v) is 6.16. The van der Waals surface area contributed by atoms with Crippen molar-refractivity contribution in [3.63, 3.8) is 0 Å². The number of nitrogens with one attached hydrogen (secondary N) is 1. The molecule has 1 N–H and O–H groups in total. The summed E-state index contributed by atoms with van der Waals surface area (Å²) in [5.74, 6) is 0.651. The smallest absolute Gasteiger partial charge is 0.252 e. The first-order chi connectivity index (χ1) is 8.03. The summed E-state index contributed by atoms with van der Waals surface area (Å²) < 4.78 is 5.52. The minimum absolute atomic E-state index is 0.0328. The topological polar surface area (TPSA) is 38.3 Å². The highest BCUT2D eigenvalue weighted by molar-refractivity contribution is 9.09. The molecule has 0 bridgehead atoms. The third-order valence-electron chi connectivity index (χ3n) is 3.72. The molecule has 17 heavy (non-hydrogen) atoms. The van der Waals surface area contributed by atoms with Crippen molar-refractivity contribution in [3.8, 4) is 0 Å². The van der Waals surface area contributed by atoms with Gasteiger partial charge in [-0.1, -0.05) is 42.6 Å². The fourth-order valence-electron chi connectivity index (χ4n) is 2.30. The van der Waals surface area contributed by atoms with E-state index in [-0.39, 0.29) is 5.91 Å². The Morgan fingerprint density at radius 1 is 1.47 bits per heavy atom. The molecule has 1 saturated heterocycles. The van der Waals surface area contributed by atoms with Crippen molar-refractivity contribution >= 4 is 21.8 Å². The van der Waals surface area contributed by atoms with E-state index in [0.717, 1.165) is 25.7 Å². The van der Waals surface area contributed by atoms with Gasteiger partial charge in [-0.25, -0.2) is 0 Å². The lowest BCUT2D eigenvalue weighted by molar-refractivity contribution is -0.139. The van der Waals surface area contributed by atoms with Gasteiger partial charge in [-0.05, 0) is 25.7 Å². The molecule has 0 aliphatic carbocycles. The van der Waals surface area contributed by atoms with Gasteiger partial charge in [0, 0.05) is 18.0 Å². The third kappa shape index (κ3) is 3.95. The highest BCUT2D eigenvalue weighted by atomic mass is 79.9. The highest BCUT2D eigenvalue weighted by Crippen LogP contribution is 2.25. The van der Waals surface area contributed by atoms with E-state index in [4.69, 9.17) is 4.74 Å². The quantitative estimate of drug-likeness (QED) is 0.766. The predicted molar refractivity (Wildman–Crippen MR) is 73.4 cm³/mol. The van der Waals surface area contributed by atoms with Crippen LogP contribution >= 0.6 is 15.9 Å². The summed E-state index contributed by atoms with van der Waals surface area (Å²) in [4.78, 5) is 12.4. The summed E-state index contributed by atoms with van der Waals surface area (Å²) in [6, 6.07) is 0. The summed E-state index contributed by atoms with van der Waals surface area (Å²) in [6.07, 6.45) is 4.08. The van der Waals surface area contributed by atoms with Crippen LogP contribution in [0.3, 0.4) is 0 Å². The average molecular weight is 306 g/mol. The summed E-state index contributed by atoms with van der Waals surface area (Å²) >= 11 is 3.66. The number of rotatable bonds is 6. The lowest BCUT2D eigenvalue weighted by Crippen LogP contribution is -2.46. The van der Waals surface area contributed by atoms with Crippen LogP contribution in [0, 0.1) is 5.92 Å². The van der Waals surface area contributed by atoms with Crippen molar-refractivity contribution in [2.24, 2.45) is 5.92 Å². The van der Waals surface area contributed by atoms with Crippen molar-refractivity contribution in [1.82, 2.24) is 5.32 Å². The zero-order valence-corrected chi connectivity index (χ0v) is 12.7. The summed E-state index contributed by atoms with van der Waals surface area (Å²) in [7, 11) is 0. The molecule has 0 spiro atoms. The summed E-state index contributed by atoms with van der Waals surface area (Å²) in [5, 5.41) is 3.00. The molecule has 1 aliphatic rings. The Bertz CT molecular complexity index is 248. The van der Waals surface area contributed by atoms with Crippen LogP contribution in [-0.4, -0.2) is 29.5 Å². The molecule has 100 valence electrons. The van der Waals surface area contributed by atoms with E-state index in [0.29, 0.717) is 23.9 Å². The molecular formula is C13H24BrNO2. The highest BCUT2D eigenvalue weighted by Gasteiger charge is 2.37. The first-order valence-corrected chi connectivity index (χ1v) is 7.51. The van der Waals surface area contributed by atoms with Crippen molar-refractivity contribution in [3.05, 3.63) is 0 Å². The summed E-state index contributed by atoms with van der Waals surface area (Å²) in [5.41, 5.74) is -0.597. The molecular weight excluding hydrogens is 282 g/mol. The number of hydrogen-bond acceptors (Lipinski definition) is 2. The first kappa shape index (κ1) is 15.0. The van der Waals surface area contributed by atoms with Crippen LogP contribution in [-0.2, 0) is 9.53 Å². The van der Waals surface area contributed by atoms with Gasteiger partial charge >= 0.3 is 0 Å². The molecule has 3 nitrogen and oxygen atoms in total. The molecule has 1 fully saturated rings. The second kappa shape index (κ2) is 6.74. The standard InChI is InChI=1S/C13H24BrNO2/c1-4-10(5-2)11(14)9-15-12(16)13(3)7-6-8-17-13/h10-11H,4-9H2,1-3H3,(H,15,16). The Morgan fingerprint density at radius 2 is 2.12 bits per heavy atom. The van der Waals surface area contributed by atoms with E-state index in [1.165, 1.54) is 0 Å². The number of hydrogen-bond donors (Lipinski definition) is 1. The number of alkyl halides is 1. The maximum atomic E-state index is 12.0. The van der Waals surface area contributed by atoms with Gasteiger partial charge in [0.05, 0.1) is 0 Å². The molecule has 2 unspecified atom stereocenters. The van der Waals surface area contributed by atoms with E-state index >= 15 is 0 Å². The molecule has 0 aromatic rings. The van der Waals surface area contributed by atoms with Gasteiger partial charge in [0.25, 0.3) is 5.91 Å². The van der Waals surface area contributed by atoms with Crippen LogP contribution in [0.2, 0.25) is 0 Å². The Morgan fingerprint density at radius 3 is 2.59 bits per heavy atom. The maximum Gasteiger partial charge on any atom is 0.252 e. The second-order valence-electron chi connectivity index (χ2n) is 4.99. The number of carbonyl (C=O) groups excluding carboxylic acids is 1. The molecule has 0 radical (unpaired) electrons. The van der Waals surface area contributed by atoms with Crippen molar-refractivity contribution in [2.45, 2.75) is 56.9 Å². The third-order valence-corrected chi connectivity index (χ3v) is 4.79. The van der Waals surface area contributed by atoms with Crippen LogP contribution in [0.5, 0.6) is 0 Å². The van der Waals surface area contributed by atoms with Gasteiger partial charge in [0.1, 0.15) is 5.60 Å². The lowest BCUT2D eigenvalue weighted by atomic mass is 9.98. The van der Waals surface area contributed by atoms with Gasteiger partial charge in [-0.3, -0.25) is 4.79 Å². The summed E-state index contributed by atoms with van der Waals surface area (Å²) in [6.45, 7) is 7.64. The maximum absolute atomic E-state index is 12.0. The minimum atomic E-state index is -0.597. The fraction of sp³-hybridized carbons (Fsp3) is 0.923. The van der Waals surface area contributed by atoms with E-state index < -0.39 is 5.60 Å². The fourth-order valence-corrected chi connectivity index (χ4v) is 3.21.